The van der Waals surface area contributed by atoms with Crippen LogP contribution in [0.4, 0.5) is 0 Å². The van der Waals surface area contributed by atoms with Crippen LogP contribution >= 0.6 is 0 Å². The SMILES string of the molecule is CC\C=C/C=C\C=C/C=C\C=C/CCCC(=O)OC(COC(=O)CCCCCCC/C=C\C=C/CCCCCCCCC)COC(=O)CCCCCCCCCCCCCCC. The first-order valence-electron chi connectivity index (χ1n) is 25.7. The lowest BCUT2D eigenvalue weighted by molar-refractivity contribution is -0.167. The van der Waals surface area contributed by atoms with E-state index < -0.39 is 6.10 Å². The Morgan fingerprint density at radius 3 is 1.05 bits per heavy atom. The summed E-state index contributed by atoms with van der Waals surface area (Å²) in [6.45, 7) is 6.41. The van der Waals surface area contributed by atoms with Gasteiger partial charge in [0.25, 0.3) is 0 Å². The van der Waals surface area contributed by atoms with Gasteiger partial charge in [0.2, 0.25) is 0 Å². The van der Waals surface area contributed by atoms with Gasteiger partial charge in [-0.05, 0) is 57.8 Å². The minimum absolute atomic E-state index is 0.109. The Bertz CT molecular complexity index is 1220. The number of esters is 3. The highest BCUT2D eigenvalue weighted by molar-refractivity contribution is 5.71. The molecule has 1 unspecified atom stereocenters. The Kier molecular flexibility index (Phi) is 47.5. The minimum Gasteiger partial charge on any atom is -0.462 e. The quantitative estimate of drug-likeness (QED) is 0.0263. The Morgan fingerprint density at radius 1 is 0.339 bits per heavy atom. The van der Waals surface area contributed by atoms with Crippen molar-refractivity contribution in [1.82, 2.24) is 0 Å². The van der Waals surface area contributed by atoms with Crippen molar-refractivity contribution in [3.63, 3.8) is 0 Å². The van der Waals surface area contributed by atoms with Gasteiger partial charge in [-0.25, -0.2) is 0 Å². The highest BCUT2D eigenvalue weighted by Gasteiger charge is 2.19. The van der Waals surface area contributed by atoms with Crippen molar-refractivity contribution in [2.24, 2.45) is 0 Å². The fourth-order valence-corrected chi connectivity index (χ4v) is 6.93. The van der Waals surface area contributed by atoms with Crippen LogP contribution in [0.5, 0.6) is 0 Å². The molecule has 0 aliphatic carbocycles. The van der Waals surface area contributed by atoms with Crippen molar-refractivity contribution in [3.8, 4) is 0 Å². The van der Waals surface area contributed by atoms with E-state index in [1.165, 1.54) is 116 Å². The standard InChI is InChI=1S/C56H94O6/c1-4-7-10-13-16-19-22-25-26-27-28-29-32-34-37-40-43-46-49-55(58)61-52-53(62-56(59)50-47-44-41-38-35-31-24-21-18-15-12-9-6-3)51-60-54(57)48-45-42-39-36-33-30-23-20-17-14-11-8-5-2/h9,12,15,18,21,24,26-29,31,35,38,41,53H,4-8,10-11,13-14,16-17,19-20,22-23,25,30,32-34,36-37,39-40,42-52H2,1-3H3/b12-9-,18-15-,24-21-,27-26-,29-28-,35-31-,41-38-. The summed E-state index contributed by atoms with van der Waals surface area (Å²) < 4.78 is 16.7. The van der Waals surface area contributed by atoms with Crippen molar-refractivity contribution in [3.05, 3.63) is 85.1 Å². The molecule has 6 nitrogen and oxygen atoms in total. The van der Waals surface area contributed by atoms with Gasteiger partial charge < -0.3 is 14.2 Å². The van der Waals surface area contributed by atoms with Crippen LogP contribution in [0.25, 0.3) is 0 Å². The molecule has 0 saturated carbocycles. The topological polar surface area (TPSA) is 78.9 Å². The Morgan fingerprint density at radius 2 is 0.645 bits per heavy atom. The second-order valence-corrected chi connectivity index (χ2v) is 16.9. The fourth-order valence-electron chi connectivity index (χ4n) is 6.93. The summed E-state index contributed by atoms with van der Waals surface area (Å²) in [6, 6.07) is 0. The fraction of sp³-hybridized carbons (Fsp3) is 0.696. The van der Waals surface area contributed by atoms with Crippen molar-refractivity contribution in [2.75, 3.05) is 13.2 Å². The molecule has 6 heteroatoms. The van der Waals surface area contributed by atoms with Crippen LogP contribution in [0, 0.1) is 0 Å². The number of ether oxygens (including phenoxy) is 3. The number of hydrogen-bond acceptors (Lipinski definition) is 6. The van der Waals surface area contributed by atoms with Gasteiger partial charge in [-0.2, -0.15) is 0 Å². The van der Waals surface area contributed by atoms with Crippen LogP contribution in [0.3, 0.4) is 0 Å². The van der Waals surface area contributed by atoms with Crippen molar-refractivity contribution in [1.29, 1.82) is 0 Å². The highest BCUT2D eigenvalue weighted by atomic mass is 16.6. The zero-order valence-corrected chi connectivity index (χ0v) is 40.4. The Hall–Kier alpha value is -3.41. The van der Waals surface area contributed by atoms with Gasteiger partial charge in [0.05, 0.1) is 0 Å². The van der Waals surface area contributed by atoms with Gasteiger partial charge in [0.15, 0.2) is 6.10 Å². The van der Waals surface area contributed by atoms with Crippen LogP contribution in [-0.4, -0.2) is 37.2 Å². The molecule has 0 aromatic rings. The van der Waals surface area contributed by atoms with Gasteiger partial charge in [0.1, 0.15) is 13.2 Å². The molecular weight excluding hydrogens is 769 g/mol. The third-order valence-electron chi connectivity index (χ3n) is 10.8. The molecule has 0 aromatic heterocycles. The predicted molar refractivity (Wildman–Crippen MR) is 265 cm³/mol. The van der Waals surface area contributed by atoms with E-state index in [9.17, 15) is 14.4 Å². The van der Waals surface area contributed by atoms with Gasteiger partial charge in [0, 0.05) is 19.3 Å². The molecule has 0 rings (SSSR count). The van der Waals surface area contributed by atoms with E-state index in [4.69, 9.17) is 14.2 Å². The predicted octanol–water partition coefficient (Wildman–Crippen LogP) is 16.8. The maximum atomic E-state index is 12.7. The third kappa shape index (κ3) is 47.6. The lowest BCUT2D eigenvalue weighted by Gasteiger charge is -2.18. The number of unbranched alkanes of at least 4 members (excludes halogenated alkanes) is 25. The third-order valence-corrected chi connectivity index (χ3v) is 10.8. The molecule has 0 amide bonds. The monoisotopic (exact) mass is 863 g/mol. The second-order valence-electron chi connectivity index (χ2n) is 16.9. The largest absolute Gasteiger partial charge is 0.462 e. The maximum absolute atomic E-state index is 12.7. The lowest BCUT2D eigenvalue weighted by atomic mass is 10.0. The lowest BCUT2D eigenvalue weighted by Crippen LogP contribution is -2.30. The van der Waals surface area contributed by atoms with Crippen LogP contribution in [0.15, 0.2) is 85.1 Å². The molecule has 0 fully saturated rings. The minimum atomic E-state index is -0.818. The van der Waals surface area contributed by atoms with Gasteiger partial charge in [-0.3, -0.25) is 14.4 Å². The summed E-state index contributed by atoms with van der Waals surface area (Å²) >= 11 is 0. The van der Waals surface area contributed by atoms with Gasteiger partial charge >= 0.3 is 17.9 Å². The van der Waals surface area contributed by atoms with Crippen LogP contribution in [-0.2, 0) is 28.6 Å². The van der Waals surface area contributed by atoms with E-state index in [1.54, 1.807) is 0 Å². The smallest absolute Gasteiger partial charge is 0.306 e. The van der Waals surface area contributed by atoms with Crippen LogP contribution in [0.2, 0.25) is 0 Å². The molecule has 0 bridgehead atoms. The normalized spacial score (nSPS) is 12.8. The van der Waals surface area contributed by atoms with E-state index >= 15 is 0 Å². The first-order valence-corrected chi connectivity index (χ1v) is 25.7. The summed E-state index contributed by atoms with van der Waals surface area (Å²) in [6.07, 6.45) is 64.3. The van der Waals surface area contributed by atoms with Gasteiger partial charge in [-0.15, -0.1) is 0 Å². The number of rotatable bonds is 45. The molecule has 0 aliphatic rings. The molecule has 0 saturated heterocycles. The number of hydrogen-bond donors (Lipinski definition) is 0. The number of carbonyl (C=O) groups excluding carboxylic acids is 3. The molecule has 0 heterocycles. The van der Waals surface area contributed by atoms with Gasteiger partial charge in [-0.1, -0.05) is 241 Å². The molecule has 0 radical (unpaired) electrons. The maximum Gasteiger partial charge on any atom is 0.306 e. The van der Waals surface area contributed by atoms with E-state index in [1.807, 2.05) is 54.7 Å². The van der Waals surface area contributed by atoms with E-state index in [-0.39, 0.29) is 37.5 Å². The summed E-state index contributed by atoms with van der Waals surface area (Å²) in [5.74, 6) is -1.000. The van der Waals surface area contributed by atoms with Crippen molar-refractivity contribution in [2.45, 2.75) is 239 Å². The van der Waals surface area contributed by atoms with E-state index in [2.05, 4.69) is 51.2 Å². The summed E-state index contributed by atoms with van der Waals surface area (Å²) in [5.41, 5.74) is 0. The van der Waals surface area contributed by atoms with Crippen molar-refractivity contribution >= 4 is 17.9 Å². The Labute approximate surface area is 382 Å². The summed E-state index contributed by atoms with van der Waals surface area (Å²) in [7, 11) is 0. The van der Waals surface area contributed by atoms with Crippen LogP contribution in [0.1, 0.15) is 233 Å². The molecule has 62 heavy (non-hydrogen) atoms. The number of allylic oxidation sites excluding steroid dienone is 14. The molecule has 354 valence electrons. The highest BCUT2D eigenvalue weighted by Crippen LogP contribution is 2.14. The Balaban J connectivity index is 4.48. The molecule has 1 atom stereocenters. The molecule has 0 spiro atoms. The first-order chi connectivity index (χ1) is 30.5. The average molecular weight is 863 g/mol. The summed E-state index contributed by atoms with van der Waals surface area (Å²) in [4.78, 5) is 37.9. The molecule has 0 N–H and O–H groups in total. The second kappa shape index (κ2) is 50.2. The van der Waals surface area contributed by atoms with E-state index in [0.717, 1.165) is 70.6 Å². The number of carbonyl (C=O) groups is 3. The molecule has 0 aromatic carbocycles. The molecule has 0 aliphatic heterocycles. The van der Waals surface area contributed by atoms with Crippen molar-refractivity contribution < 1.29 is 28.6 Å². The first kappa shape index (κ1) is 58.6. The zero-order valence-electron chi connectivity index (χ0n) is 40.4. The zero-order chi connectivity index (χ0) is 45.1. The average Bonchev–Trinajstić information content (AvgIpc) is 3.27. The molecular formula is C56H94O6. The van der Waals surface area contributed by atoms with E-state index in [0.29, 0.717) is 19.3 Å². The van der Waals surface area contributed by atoms with Crippen LogP contribution < -0.4 is 0 Å². The summed E-state index contributed by atoms with van der Waals surface area (Å²) in [5, 5.41) is 0.